The summed E-state index contributed by atoms with van der Waals surface area (Å²) in [4.78, 5) is 38.8. The summed E-state index contributed by atoms with van der Waals surface area (Å²) in [7, 11) is 0. The van der Waals surface area contributed by atoms with Crippen LogP contribution in [-0.2, 0) is 19.1 Å². The minimum Gasteiger partial charge on any atom is -0.462 e. The second kappa shape index (κ2) is 16.7. The number of cyclic esters (lactones) is 1. The third-order valence-corrected chi connectivity index (χ3v) is 7.65. The predicted molar refractivity (Wildman–Crippen MR) is 148 cm³/mol. The maximum absolute atomic E-state index is 12.6. The van der Waals surface area contributed by atoms with Crippen molar-refractivity contribution in [2.75, 3.05) is 26.2 Å². The van der Waals surface area contributed by atoms with Crippen LogP contribution in [0.15, 0.2) is 24.3 Å². The van der Waals surface area contributed by atoms with Gasteiger partial charge in [-0.1, -0.05) is 25.8 Å². The molecule has 1 N–H and O–H groups in total. The van der Waals surface area contributed by atoms with E-state index in [1.807, 2.05) is 39.0 Å². The van der Waals surface area contributed by atoms with Crippen LogP contribution >= 0.6 is 11.6 Å². The van der Waals surface area contributed by atoms with Gasteiger partial charge in [0.15, 0.2) is 5.78 Å². The van der Waals surface area contributed by atoms with Crippen LogP contribution in [0, 0.1) is 36.7 Å². The minimum absolute atomic E-state index is 0. The van der Waals surface area contributed by atoms with Gasteiger partial charge >= 0.3 is 24.8 Å². The summed E-state index contributed by atoms with van der Waals surface area (Å²) >= 11 is 5.51. The van der Waals surface area contributed by atoms with Gasteiger partial charge in [0.1, 0.15) is 6.10 Å². The van der Waals surface area contributed by atoms with Gasteiger partial charge in [-0.15, -0.1) is 13.1 Å². The van der Waals surface area contributed by atoms with Crippen molar-refractivity contribution in [1.29, 1.82) is 0 Å². The zero-order valence-corrected chi connectivity index (χ0v) is 24.6. The van der Waals surface area contributed by atoms with Gasteiger partial charge in [-0.25, -0.2) is 0 Å². The van der Waals surface area contributed by atoms with Crippen LogP contribution in [0.3, 0.4) is 0 Å². The second-order valence-corrected chi connectivity index (χ2v) is 11.8. The Hall–Kier alpha value is -1.32. The van der Waals surface area contributed by atoms with Gasteiger partial charge in [-0.05, 0) is 51.0 Å². The zero-order valence-electron chi connectivity index (χ0n) is 23.8. The van der Waals surface area contributed by atoms with E-state index in [1.54, 1.807) is 6.07 Å². The molecule has 1 saturated heterocycles. The van der Waals surface area contributed by atoms with Crippen LogP contribution in [0.4, 0.5) is 0 Å². The van der Waals surface area contributed by atoms with Crippen molar-refractivity contribution in [2.24, 2.45) is 16.7 Å². The van der Waals surface area contributed by atoms with Crippen molar-refractivity contribution in [3.05, 3.63) is 49.2 Å². The minimum atomic E-state index is -0.481. The number of hydrogen-bond acceptors (Lipinski definition) is 5. The molecule has 1 aromatic rings. The summed E-state index contributed by atoms with van der Waals surface area (Å²) in [5.41, 5.74) is -0.795. The average molecular weight is 539 g/mol. The fraction of sp³-hybridized carbons (Fsp3) is 0.633. The van der Waals surface area contributed by atoms with Gasteiger partial charge in [0.25, 0.3) is 0 Å². The molecule has 0 unspecified atom stereocenters. The number of carbonyl (C=O) groups is 3. The Kier molecular flexibility index (Phi) is 15.3. The first-order valence-corrected chi connectivity index (χ1v) is 13.8. The van der Waals surface area contributed by atoms with Crippen LogP contribution in [-0.4, -0.2) is 54.8 Å². The molecule has 1 amide bonds. The molecule has 38 heavy (non-hydrogen) atoms. The molecule has 1 heterocycles. The van der Waals surface area contributed by atoms with E-state index < -0.39 is 5.41 Å². The SMILES string of the molecule is Clc1c[c-]ccc1.[CH2-]CN(C[CH2-])CC[C@H]1CC2(CCC(CCC(=O)CNC(=O)C(C)(C)C)CC2)C(=O)O1.[Li+]. The molecule has 8 heteroatoms. The van der Waals surface area contributed by atoms with Gasteiger partial charge in [0.2, 0.25) is 5.91 Å². The second-order valence-electron chi connectivity index (χ2n) is 11.3. The van der Waals surface area contributed by atoms with Crippen LogP contribution < -0.4 is 24.2 Å². The molecule has 0 bridgehead atoms. The summed E-state index contributed by atoms with van der Waals surface area (Å²) < 4.78 is 5.71. The Labute approximate surface area is 247 Å². The van der Waals surface area contributed by atoms with Gasteiger partial charge in [0, 0.05) is 18.3 Å². The molecule has 1 aromatic carbocycles. The van der Waals surface area contributed by atoms with Gasteiger partial charge in [-0.3, -0.25) is 14.4 Å². The van der Waals surface area contributed by atoms with Crippen molar-refractivity contribution in [2.45, 2.75) is 78.2 Å². The fourth-order valence-corrected chi connectivity index (χ4v) is 4.99. The summed E-state index contributed by atoms with van der Waals surface area (Å²) in [6.07, 6.45) is 6.63. The molecule has 3 rings (SSSR count). The number of halogens is 1. The number of benzene rings is 1. The Balaban J connectivity index is 0.000000779. The molecule has 208 valence electrons. The third-order valence-electron chi connectivity index (χ3n) is 7.42. The number of carbonyl (C=O) groups excluding carboxylic acids is 3. The molecule has 2 fully saturated rings. The van der Waals surface area contributed by atoms with E-state index in [0.717, 1.165) is 69.6 Å². The number of hydrogen-bond donors (Lipinski definition) is 1. The number of ketones is 1. The average Bonchev–Trinajstić information content (AvgIpc) is 3.17. The van der Waals surface area contributed by atoms with Gasteiger partial charge in [-0.2, -0.15) is 41.9 Å². The van der Waals surface area contributed by atoms with Crippen molar-refractivity contribution in [3.63, 3.8) is 0 Å². The fourth-order valence-electron chi connectivity index (χ4n) is 4.86. The molecular formula is C30H44ClLiN2O4-2. The van der Waals surface area contributed by atoms with Gasteiger partial charge in [0.05, 0.1) is 12.0 Å². The molecule has 1 saturated carbocycles. The number of amides is 1. The molecule has 1 aliphatic heterocycles. The molecule has 0 aromatic heterocycles. The Bertz CT molecular complexity index is 863. The standard InChI is InChI=1S/C24H40N2O4.C6H4Cl.Li/c1-6-26(7-2)15-12-20-16-24(22(29)30-20)13-10-18(11-14-24)8-9-19(27)17-25-21(28)23(3,4)5;7-6-4-2-1-3-5-6;/h18,20H,1-2,6-17H2,3-5H3,(H,25,28);1-2,4-5H;/q-2;-1;+1/t18?,20-,24?;;/m0../s1. The summed E-state index contributed by atoms with van der Waals surface area (Å²) in [6, 6.07) is 10.0. The normalized spacial score (nSPS) is 22.8. The van der Waals surface area contributed by atoms with Crippen molar-refractivity contribution >= 4 is 29.3 Å². The van der Waals surface area contributed by atoms with E-state index in [2.05, 4.69) is 30.1 Å². The number of Topliss-reactive ketones (excluding diaryl/α,β-unsaturated/α-hetero) is 1. The van der Waals surface area contributed by atoms with Crippen LogP contribution in [0.25, 0.3) is 0 Å². The predicted octanol–water partition coefficient (Wildman–Crippen LogP) is 2.49. The Morgan fingerprint density at radius 2 is 1.87 bits per heavy atom. The summed E-state index contributed by atoms with van der Waals surface area (Å²) in [5.74, 6) is 0.423. The van der Waals surface area contributed by atoms with Gasteiger partial charge < -0.3 is 28.8 Å². The maximum atomic E-state index is 12.6. The monoisotopic (exact) mass is 538 g/mol. The third kappa shape index (κ3) is 11.4. The zero-order chi connectivity index (χ0) is 27.5. The maximum Gasteiger partial charge on any atom is 1.00 e. The molecule has 2 aliphatic rings. The van der Waals surface area contributed by atoms with Crippen molar-refractivity contribution < 1.29 is 38.0 Å². The summed E-state index contributed by atoms with van der Waals surface area (Å²) in [6.45, 7) is 15.7. The molecular weight excluding hydrogens is 495 g/mol. The molecule has 1 atom stereocenters. The number of esters is 1. The first-order chi connectivity index (χ1) is 17.5. The number of ether oxygens (including phenoxy) is 1. The molecule has 6 nitrogen and oxygen atoms in total. The number of nitrogens with zero attached hydrogens (tertiary/aromatic N) is 1. The first-order valence-electron chi connectivity index (χ1n) is 13.4. The van der Waals surface area contributed by atoms with E-state index in [9.17, 15) is 14.4 Å². The first kappa shape index (κ1) is 34.7. The van der Waals surface area contributed by atoms with Crippen LogP contribution in [0.2, 0.25) is 5.02 Å². The van der Waals surface area contributed by atoms with Crippen molar-refractivity contribution in [3.8, 4) is 0 Å². The van der Waals surface area contributed by atoms with E-state index in [1.165, 1.54) is 0 Å². The smallest absolute Gasteiger partial charge is 0.462 e. The van der Waals surface area contributed by atoms with E-state index >= 15 is 0 Å². The van der Waals surface area contributed by atoms with Crippen LogP contribution in [0.5, 0.6) is 0 Å². The van der Waals surface area contributed by atoms with E-state index in [0.29, 0.717) is 12.3 Å². The Morgan fingerprint density at radius 1 is 1.21 bits per heavy atom. The largest absolute Gasteiger partial charge is 1.00 e. The Morgan fingerprint density at radius 3 is 2.37 bits per heavy atom. The van der Waals surface area contributed by atoms with E-state index in [-0.39, 0.29) is 54.6 Å². The number of nitrogens with one attached hydrogen (secondary N) is 1. The summed E-state index contributed by atoms with van der Waals surface area (Å²) in [5, 5.41) is 3.47. The molecule has 1 aliphatic carbocycles. The van der Waals surface area contributed by atoms with E-state index in [4.69, 9.17) is 16.3 Å². The topological polar surface area (TPSA) is 75.7 Å². The molecule has 1 spiro atoms. The van der Waals surface area contributed by atoms with Crippen LogP contribution in [0.1, 0.15) is 72.1 Å². The molecule has 0 radical (unpaired) electrons. The number of rotatable bonds is 10. The quantitative estimate of drug-likeness (QED) is 0.281. The van der Waals surface area contributed by atoms with Crippen molar-refractivity contribution in [1.82, 2.24) is 10.2 Å².